The molecule has 0 aliphatic heterocycles. The van der Waals surface area contributed by atoms with Crippen molar-refractivity contribution in [3.8, 4) is 0 Å². The maximum atomic E-state index is 11.0. The van der Waals surface area contributed by atoms with Gasteiger partial charge in [-0.3, -0.25) is 10.1 Å². The fourth-order valence-corrected chi connectivity index (χ4v) is 2.17. The van der Waals surface area contributed by atoms with Gasteiger partial charge < -0.3 is 16.6 Å². The summed E-state index contributed by atoms with van der Waals surface area (Å²) >= 11 is 0.889. The van der Waals surface area contributed by atoms with Crippen molar-refractivity contribution in [3.63, 3.8) is 0 Å². The highest BCUT2D eigenvalue weighted by molar-refractivity contribution is 7.99. The lowest BCUT2D eigenvalue weighted by molar-refractivity contribution is -0.385. The van der Waals surface area contributed by atoms with E-state index in [1.807, 2.05) is 0 Å². The first-order chi connectivity index (χ1) is 9.86. The molecule has 0 amide bonds. The minimum atomic E-state index is -1.43. The Morgan fingerprint density at radius 2 is 1.90 bits per heavy atom. The number of aromatic carboxylic acids is 1. The molecule has 2 heterocycles. The number of carboxylic acids is 1. The van der Waals surface area contributed by atoms with Crippen molar-refractivity contribution < 1.29 is 14.8 Å². The first-order valence-corrected chi connectivity index (χ1v) is 6.14. The molecule has 0 unspecified atom stereocenters. The van der Waals surface area contributed by atoms with Crippen LogP contribution in [0.5, 0.6) is 0 Å². The van der Waals surface area contributed by atoms with Gasteiger partial charge in [-0.2, -0.15) is 0 Å². The topological polar surface area (TPSA) is 171 Å². The lowest BCUT2D eigenvalue weighted by Gasteiger charge is -2.03. The van der Waals surface area contributed by atoms with Gasteiger partial charge in [-0.25, -0.2) is 19.7 Å². The summed E-state index contributed by atoms with van der Waals surface area (Å²) in [5.74, 6) is -1.14. The van der Waals surface area contributed by atoms with Gasteiger partial charge in [0.2, 0.25) is 0 Å². The number of hydrogen-bond acceptors (Lipinski definition) is 9. The number of nitro groups is 1. The van der Waals surface area contributed by atoms with E-state index < -0.39 is 22.1 Å². The standard InChI is InChI=1S/C10H8N6O4S/c11-6-2-7(12)15-10(14-6)21-8-1-4(9(17)18)5(3-13-8)16(19)20/h1-3H,(H,17,18)(H4,11,12,14,15). The summed E-state index contributed by atoms with van der Waals surface area (Å²) in [6.45, 7) is 0. The van der Waals surface area contributed by atoms with Crippen LogP contribution in [0.25, 0.3) is 0 Å². The number of nitrogens with two attached hydrogens (primary N) is 2. The van der Waals surface area contributed by atoms with Crippen LogP contribution in [-0.4, -0.2) is 31.0 Å². The number of pyridine rings is 1. The smallest absolute Gasteiger partial charge is 0.342 e. The van der Waals surface area contributed by atoms with Crippen LogP contribution in [0.2, 0.25) is 0 Å². The maximum Gasteiger partial charge on any atom is 0.342 e. The van der Waals surface area contributed by atoms with Gasteiger partial charge in [-0.15, -0.1) is 0 Å². The number of anilines is 2. The highest BCUT2D eigenvalue weighted by Gasteiger charge is 2.21. The number of carboxylic acid groups (broad SMARTS) is 1. The summed E-state index contributed by atoms with van der Waals surface area (Å²) < 4.78 is 0. The molecule has 0 aliphatic carbocycles. The molecular formula is C10H8N6O4S. The zero-order chi connectivity index (χ0) is 15.6. The van der Waals surface area contributed by atoms with Crippen LogP contribution in [-0.2, 0) is 0 Å². The summed E-state index contributed by atoms with van der Waals surface area (Å²) in [5, 5.41) is 20.0. The minimum Gasteiger partial charge on any atom is -0.477 e. The van der Waals surface area contributed by atoms with Crippen LogP contribution in [0.4, 0.5) is 17.3 Å². The van der Waals surface area contributed by atoms with E-state index >= 15 is 0 Å². The SMILES string of the molecule is Nc1cc(N)nc(Sc2cc(C(=O)O)c([N+](=O)[O-])cn2)n1. The molecule has 21 heavy (non-hydrogen) atoms. The molecule has 11 heteroatoms. The van der Waals surface area contributed by atoms with Crippen molar-refractivity contribution in [2.45, 2.75) is 10.2 Å². The fourth-order valence-electron chi connectivity index (χ4n) is 1.40. The van der Waals surface area contributed by atoms with E-state index in [2.05, 4.69) is 15.0 Å². The average Bonchev–Trinajstić information content (AvgIpc) is 2.36. The van der Waals surface area contributed by atoms with Crippen molar-refractivity contribution in [1.29, 1.82) is 0 Å². The predicted molar refractivity (Wildman–Crippen MR) is 72.8 cm³/mol. The second kappa shape index (κ2) is 5.58. The highest BCUT2D eigenvalue weighted by Crippen LogP contribution is 2.28. The zero-order valence-corrected chi connectivity index (χ0v) is 11.1. The lowest BCUT2D eigenvalue weighted by atomic mass is 10.2. The molecule has 0 spiro atoms. The normalized spacial score (nSPS) is 10.3. The first kappa shape index (κ1) is 14.5. The fraction of sp³-hybridized carbons (Fsp3) is 0. The predicted octanol–water partition coefficient (Wildman–Crippen LogP) is 0.794. The van der Waals surface area contributed by atoms with E-state index in [4.69, 9.17) is 16.6 Å². The van der Waals surface area contributed by atoms with Crippen LogP contribution < -0.4 is 11.5 Å². The summed E-state index contributed by atoms with van der Waals surface area (Å²) in [4.78, 5) is 32.5. The van der Waals surface area contributed by atoms with Crippen LogP contribution in [0, 0.1) is 10.1 Å². The molecule has 0 saturated heterocycles. The Bertz CT molecular complexity index is 717. The molecule has 2 aromatic heterocycles. The van der Waals surface area contributed by atoms with Crippen molar-refractivity contribution in [1.82, 2.24) is 15.0 Å². The molecule has 0 fully saturated rings. The molecule has 0 saturated carbocycles. The van der Waals surface area contributed by atoms with Gasteiger partial charge in [0.05, 0.1) is 4.92 Å². The Labute approximate surface area is 121 Å². The monoisotopic (exact) mass is 308 g/mol. The van der Waals surface area contributed by atoms with E-state index in [-0.39, 0.29) is 21.8 Å². The Morgan fingerprint density at radius 3 is 2.43 bits per heavy atom. The number of hydrogen-bond donors (Lipinski definition) is 3. The molecule has 0 radical (unpaired) electrons. The van der Waals surface area contributed by atoms with Crippen LogP contribution in [0.3, 0.4) is 0 Å². The molecule has 0 aromatic carbocycles. The maximum absolute atomic E-state index is 11.0. The average molecular weight is 308 g/mol. The number of nitrogen functional groups attached to an aromatic ring is 2. The molecule has 2 rings (SSSR count). The number of nitrogens with zero attached hydrogens (tertiary/aromatic N) is 4. The van der Waals surface area contributed by atoms with Crippen LogP contribution >= 0.6 is 11.8 Å². The third kappa shape index (κ3) is 3.33. The van der Waals surface area contributed by atoms with E-state index in [1.165, 1.54) is 6.07 Å². The Balaban J connectivity index is 2.39. The second-order valence-electron chi connectivity index (χ2n) is 3.70. The summed E-state index contributed by atoms with van der Waals surface area (Å²) in [7, 11) is 0. The van der Waals surface area contributed by atoms with Gasteiger partial charge in [0.25, 0.3) is 0 Å². The second-order valence-corrected chi connectivity index (χ2v) is 4.69. The third-order valence-corrected chi connectivity index (χ3v) is 3.02. The summed E-state index contributed by atoms with van der Waals surface area (Å²) in [6.07, 6.45) is 0.863. The van der Waals surface area contributed by atoms with Crippen molar-refractivity contribution >= 4 is 35.1 Å². The number of carbonyl (C=O) groups is 1. The summed E-state index contributed by atoms with van der Waals surface area (Å²) in [5.41, 5.74) is 9.94. The number of rotatable bonds is 4. The largest absolute Gasteiger partial charge is 0.477 e. The lowest BCUT2D eigenvalue weighted by Crippen LogP contribution is -2.04. The molecule has 10 nitrogen and oxygen atoms in total. The first-order valence-electron chi connectivity index (χ1n) is 5.32. The highest BCUT2D eigenvalue weighted by atomic mass is 32.2. The van der Waals surface area contributed by atoms with Gasteiger partial charge in [0.1, 0.15) is 28.4 Å². The summed E-state index contributed by atoms with van der Waals surface area (Å²) in [6, 6.07) is 2.42. The van der Waals surface area contributed by atoms with Gasteiger partial charge in [-0.05, 0) is 17.8 Å². The van der Waals surface area contributed by atoms with Crippen molar-refractivity contribution in [2.24, 2.45) is 0 Å². The van der Waals surface area contributed by atoms with Gasteiger partial charge in [-0.1, -0.05) is 0 Å². The Kier molecular flexibility index (Phi) is 3.84. The van der Waals surface area contributed by atoms with Crippen molar-refractivity contribution in [3.05, 3.63) is 34.0 Å². The van der Waals surface area contributed by atoms with Gasteiger partial charge in [0.15, 0.2) is 5.16 Å². The molecule has 5 N–H and O–H groups in total. The van der Waals surface area contributed by atoms with E-state index in [9.17, 15) is 14.9 Å². The van der Waals surface area contributed by atoms with Crippen LogP contribution in [0.1, 0.15) is 10.4 Å². The quantitative estimate of drug-likeness (QED) is 0.416. The minimum absolute atomic E-state index is 0.144. The van der Waals surface area contributed by atoms with Gasteiger partial charge in [0, 0.05) is 6.07 Å². The van der Waals surface area contributed by atoms with Gasteiger partial charge >= 0.3 is 11.7 Å². The molecule has 108 valence electrons. The Morgan fingerprint density at radius 1 is 1.29 bits per heavy atom. The zero-order valence-electron chi connectivity index (χ0n) is 10.3. The van der Waals surface area contributed by atoms with Crippen LogP contribution in [0.15, 0.2) is 28.5 Å². The third-order valence-electron chi connectivity index (χ3n) is 2.23. The number of aromatic nitrogens is 3. The van der Waals surface area contributed by atoms with E-state index in [0.717, 1.165) is 24.0 Å². The van der Waals surface area contributed by atoms with E-state index in [1.54, 1.807) is 0 Å². The molecular weight excluding hydrogens is 300 g/mol. The molecule has 0 atom stereocenters. The Hall–Kier alpha value is -2.95. The molecule has 0 aliphatic rings. The molecule has 2 aromatic rings. The van der Waals surface area contributed by atoms with E-state index in [0.29, 0.717) is 0 Å². The van der Waals surface area contributed by atoms with Crippen molar-refractivity contribution in [2.75, 3.05) is 11.5 Å². The molecule has 0 bridgehead atoms.